The van der Waals surface area contributed by atoms with Crippen LogP contribution in [0.5, 0.6) is 0 Å². The Bertz CT molecular complexity index is 296. The van der Waals surface area contributed by atoms with Crippen molar-refractivity contribution in [2.45, 2.75) is 38.8 Å². The molecular formula is C10H16N2O2. The zero-order valence-electron chi connectivity index (χ0n) is 8.58. The van der Waals surface area contributed by atoms with Crippen molar-refractivity contribution < 1.29 is 9.90 Å². The molecule has 2 aliphatic heterocycles. The summed E-state index contributed by atoms with van der Waals surface area (Å²) in [4.78, 5) is 15.5. The molecule has 2 heterocycles. The number of aliphatic hydroxyl groups excluding tert-OH is 1. The highest BCUT2D eigenvalue weighted by atomic mass is 16.3. The van der Waals surface area contributed by atoms with Crippen molar-refractivity contribution in [1.82, 2.24) is 5.32 Å². The van der Waals surface area contributed by atoms with Crippen LogP contribution in [-0.2, 0) is 4.79 Å². The zero-order chi connectivity index (χ0) is 10.3. The molecule has 0 bridgehead atoms. The average molecular weight is 196 g/mol. The van der Waals surface area contributed by atoms with E-state index in [1.54, 1.807) is 0 Å². The van der Waals surface area contributed by atoms with Gasteiger partial charge in [0.15, 0.2) is 0 Å². The molecule has 1 unspecified atom stereocenters. The third kappa shape index (κ3) is 1.60. The fourth-order valence-electron chi connectivity index (χ4n) is 2.02. The minimum absolute atomic E-state index is 0.0318. The molecule has 0 radical (unpaired) electrons. The van der Waals surface area contributed by atoms with E-state index >= 15 is 0 Å². The van der Waals surface area contributed by atoms with Crippen LogP contribution in [-0.4, -0.2) is 35.4 Å². The number of aliphatic hydroxyl groups is 1. The Morgan fingerprint density at radius 1 is 1.57 bits per heavy atom. The molecule has 0 aromatic heterocycles. The van der Waals surface area contributed by atoms with Gasteiger partial charge in [0, 0.05) is 24.7 Å². The van der Waals surface area contributed by atoms with E-state index in [0.717, 1.165) is 12.1 Å². The summed E-state index contributed by atoms with van der Waals surface area (Å²) in [6, 6.07) is 0.107. The van der Waals surface area contributed by atoms with E-state index in [1.807, 2.05) is 13.8 Å². The van der Waals surface area contributed by atoms with Crippen LogP contribution >= 0.6 is 0 Å². The van der Waals surface area contributed by atoms with Crippen LogP contribution < -0.4 is 5.32 Å². The summed E-state index contributed by atoms with van der Waals surface area (Å²) in [5, 5.41) is 12.5. The topological polar surface area (TPSA) is 61.7 Å². The van der Waals surface area contributed by atoms with Gasteiger partial charge in [0.25, 0.3) is 5.91 Å². The summed E-state index contributed by atoms with van der Waals surface area (Å²) in [7, 11) is 0. The van der Waals surface area contributed by atoms with Crippen LogP contribution in [0.3, 0.4) is 0 Å². The number of nitrogens with zero attached hydrogens (tertiary/aromatic N) is 1. The third-order valence-electron chi connectivity index (χ3n) is 2.96. The van der Waals surface area contributed by atoms with Gasteiger partial charge in [0.2, 0.25) is 0 Å². The summed E-state index contributed by atoms with van der Waals surface area (Å²) in [5.74, 6) is -0.0318. The van der Waals surface area contributed by atoms with Gasteiger partial charge >= 0.3 is 0 Å². The highest BCUT2D eigenvalue weighted by molar-refractivity contribution is 6.07. The van der Waals surface area contributed by atoms with Crippen molar-refractivity contribution >= 4 is 11.6 Å². The molecule has 4 nitrogen and oxygen atoms in total. The molecule has 0 aliphatic carbocycles. The Balaban J connectivity index is 2.08. The molecule has 0 saturated carbocycles. The molecular weight excluding hydrogens is 180 g/mol. The van der Waals surface area contributed by atoms with E-state index in [2.05, 4.69) is 10.3 Å². The minimum atomic E-state index is -0.343. The predicted molar refractivity (Wildman–Crippen MR) is 53.3 cm³/mol. The largest absolute Gasteiger partial charge is 0.392 e. The van der Waals surface area contributed by atoms with E-state index in [4.69, 9.17) is 0 Å². The second-order valence-corrected chi connectivity index (χ2v) is 4.82. The van der Waals surface area contributed by atoms with Gasteiger partial charge in [-0.2, -0.15) is 0 Å². The lowest BCUT2D eigenvalue weighted by Crippen LogP contribution is -2.31. The highest BCUT2D eigenvalue weighted by Crippen LogP contribution is 2.31. The number of β-amino-alcohol motifs (C(OH)–C–C–N with tert-alkyl or cyclic N) is 1. The number of aliphatic imine (C=N–C) groups is 1. The number of hydrogen-bond donors (Lipinski definition) is 2. The second-order valence-electron chi connectivity index (χ2n) is 4.82. The smallest absolute Gasteiger partial charge is 0.251 e. The molecule has 2 N–H and O–H groups in total. The monoisotopic (exact) mass is 196 g/mol. The first-order chi connectivity index (χ1) is 6.49. The van der Waals surface area contributed by atoms with Gasteiger partial charge < -0.3 is 10.4 Å². The Kier molecular flexibility index (Phi) is 2.20. The SMILES string of the molecule is CC1(C)CC(C2C[C@@H](O)CN2)=NC1=O. The number of amides is 1. The Morgan fingerprint density at radius 3 is 2.71 bits per heavy atom. The maximum absolute atomic E-state index is 11.5. The zero-order valence-corrected chi connectivity index (χ0v) is 8.58. The molecule has 1 saturated heterocycles. The third-order valence-corrected chi connectivity index (χ3v) is 2.96. The minimum Gasteiger partial charge on any atom is -0.392 e. The average Bonchev–Trinajstić information content (AvgIpc) is 2.58. The maximum Gasteiger partial charge on any atom is 0.251 e. The lowest BCUT2D eigenvalue weighted by molar-refractivity contribution is -0.124. The van der Waals surface area contributed by atoms with Crippen LogP contribution in [0.4, 0.5) is 0 Å². The quantitative estimate of drug-likeness (QED) is 0.625. The Hall–Kier alpha value is -0.740. The lowest BCUT2D eigenvalue weighted by atomic mass is 9.87. The van der Waals surface area contributed by atoms with Gasteiger partial charge in [-0.25, -0.2) is 4.99 Å². The van der Waals surface area contributed by atoms with Crippen molar-refractivity contribution in [3.63, 3.8) is 0 Å². The molecule has 14 heavy (non-hydrogen) atoms. The van der Waals surface area contributed by atoms with E-state index in [-0.39, 0.29) is 23.5 Å². The normalized spacial score (nSPS) is 36.2. The van der Waals surface area contributed by atoms with Gasteiger partial charge in [-0.15, -0.1) is 0 Å². The Labute approximate surface area is 83.4 Å². The summed E-state index contributed by atoms with van der Waals surface area (Å²) in [6.07, 6.45) is 1.11. The predicted octanol–water partition coefficient (Wildman–Crippen LogP) is 0.107. The number of nitrogens with one attached hydrogen (secondary N) is 1. The van der Waals surface area contributed by atoms with E-state index in [0.29, 0.717) is 13.0 Å². The van der Waals surface area contributed by atoms with Crippen molar-refractivity contribution in [3.05, 3.63) is 0 Å². The van der Waals surface area contributed by atoms with E-state index < -0.39 is 0 Å². The maximum atomic E-state index is 11.5. The molecule has 78 valence electrons. The number of hydrogen-bond acceptors (Lipinski definition) is 3. The first-order valence-electron chi connectivity index (χ1n) is 5.02. The van der Waals surface area contributed by atoms with Crippen LogP contribution in [0.1, 0.15) is 26.7 Å². The highest BCUT2D eigenvalue weighted by Gasteiger charge is 2.39. The molecule has 2 rings (SSSR count). The summed E-state index contributed by atoms with van der Waals surface area (Å²) in [6.45, 7) is 4.44. The summed E-state index contributed by atoms with van der Waals surface area (Å²) >= 11 is 0. The molecule has 1 amide bonds. The molecule has 0 aromatic rings. The fourth-order valence-corrected chi connectivity index (χ4v) is 2.02. The molecule has 1 fully saturated rings. The number of rotatable bonds is 1. The van der Waals surface area contributed by atoms with Crippen LogP contribution in [0.15, 0.2) is 4.99 Å². The van der Waals surface area contributed by atoms with Gasteiger partial charge in [-0.3, -0.25) is 4.79 Å². The van der Waals surface area contributed by atoms with Crippen LogP contribution in [0, 0.1) is 5.41 Å². The summed E-state index contributed by atoms with van der Waals surface area (Å²) < 4.78 is 0. The lowest BCUT2D eigenvalue weighted by Gasteiger charge is -2.15. The number of carbonyl (C=O) groups excluding carboxylic acids is 1. The van der Waals surface area contributed by atoms with Crippen molar-refractivity contribution in [1.29, 1.82) is 0 Å². The molecule has 2 aliphatic rings. The van der Waals surface area contributed by atoms with Crippen LogP contribution in [0.2, 0.25) is 0 Å². The van der Waals surface area contributed by atoms with Gasteiger partial charge in [-0.1, -0.05) is 13.8 Å². The van der Waals surface area contributed by atoms with Crippen molar-refractivity contribution in [2.24, 2.45) is 10.4 Å². The first-order valence-corrected chi connectivity index (χ1v) is 5.02. The second kappa shape index (κ2) is 3.14. The van der Waals surface area contributed by atoms with Gasteiger partial charge in [-0.05, 0) is 6.42 Å². The number of carbonyl (C=O) groups is 1. The van der Waals surface area contributed by atoms with Crippen LogP contribution in [0.25, 0.3) is 0 Å². The van der Waals surface area contributed by atoms with E-state index in [9.17, 15) is 9.90 Å². The van der Waals surface area contributed by atoms with Gasteiger partial charge in [0.1, 0.15) is 0 Å². The molecule has 2 atom stereocenters. The standard InChI is InChI=1S/C10H16N2O2/c1-10(2)4-8(12-9(10)14)7-3-6(13)5-11-7/h6-7,11,13H,3-5H2,1-2H3/t6-,7?/m1/s1. The molecule has 4 heteroatoms. The summed E-state index contributed by atoms with van der Waals surface area (Å²) in [5.41, 5.74) is 0.571. The van der Waals surface area contributed by atoms with E-state index in [1.165, 1.54) is 0 Å². The first kappa shape index (κ1) is 9.80. The van der Waals surface area contributed by atoms with Crippen molar-refractivity contribution in [2.75, 3.05) is 6.54 Å². The Morgan fingerprint density at radius 2 is 2.29 bits per heavy atom. The molecule has 0 aromatic carbocycles. The fraction of sp³-hybridized carbons (Fsp3) is 0.800. The molecule has 0 spiro atoms. The van der Waals surface area contributed by atoms with Gasteiger partial charge in [0.05, 0.1) is 11.5 Å². The van der Waals surface area contributed by atoms with Crippen molar-refractivity contribution in [3.8, 4) is 0 Å².